The summed E-state index contributed by atoms with van der Waals surface area (Å²) in [6, 6.07) is 0.398. The number of aldehydes is 1. The first-order chi connectivity index (χ1) is 8.88. The molecule has 0 N–H and O–H groups in total. The third-order valence-electron chi connectivity index (χ3n) is 3.78. The van der Waals surface area contributed by atoms with Gasteiger partial charge in [-0.05, 0) is 12.8 Å². The van der Waals surface area contributed by atoms with Crippen LogP contribution in [-0.4, -0.2) is 41.6 Å². The van der Waals surface area contributed by atoms with Gasteiger partial charge in [-0.1, -0.05) is 12.8 Å². The van der Waals surface area contributed by atoms with Crippen LogP contribution in [0.1, 0.15) is 36.0 Å². The van der Waals surface area contributed by atoms with E-state index >= 15 is 0 Å². The number of hydrogen-bond acceptors (Lipinski definition) is 5. The molecule has 0 spiro atoms. The van der Waals surface area contributed by atoms with Gasteiger partial charge in [0.15, 0.2) is 6.29 Å². The van der Waals surface area contributed by atoms with Crippen LogP contribution in [0.15, 0.2) is 12.4 Å². The molecule has 0 radical (unpaired) electrons. The molecule has 3 rings (SSSR count). The number of carbonyl (C=O) groups is 1. The monoisotopic (exact) mass is 247 g/mol. The second kappa shape index (κ2) is 5.02. The highest BCUT2D eigenvalue weighted by molar-refractivity contribution is 5.73. The van der Waals surface area contributed by atoms with Gasteiger partial charge in [-0.2, -0.15) is 0 Å². The number of anilines is 1. The number of morpholine rings is 1. The molecule has 2 fully saturated rings. The Hall–Kier alpha value is -1.49. The Morgan fingerprint density at radius 3 is 2.83 bits per heavy atom. The van der Waals surface area contributed by atoms with E-state index in [0.717, 1.165) is 38.2 Å². The minimum absolute atomic E-state index is 0.321. The summed E-state index contributed by atoms with van der Waals surface area (Å²) in [7, 11) is 0. The van der Waals surface area contributed by atoms with E-state index in [1.807, 2.05) is 0 Å². The summed E-state index contributed by atoms with van der Waals surface area (Å²) < 4.78 is 5.83. The summed E-state index contributed by atoms with van der Waals surface area (Å²) in [5.41, 5.74) is 0.521. The molecular formula is C13H17N3O2. The number of aromatic nitrogens is 2. The molecule has 1 aromatic heterocycles. The van der Waals surface area contributed by atoms with Crippen molar-refractivity contribution in [2.75, 3.05) is 18.1 Å². The van der Waals surface area contributed by atoms with Crippen LogP contribution in [0.5, 0.6) is 0 Å². The van der Waals surface area contributed by atoms with Crippen LogP contribution < -0.4 is 4.90 Å². The van der Waals surface area contributed by atoms with Crippen LogP contribution in [0, 0.1) is 0 Å². The number of hydrogen-bond donors (Lipinski definition) is 0. The fourth-order valence-corrected chi connectivity index (χ4v) is 2.89. The second-order valence-electron chi connectivity index (χ2n) is 4.89. The number of ether oxygens (including phenoxy) is 1. The smallest absolute Gasteiger partial charge is 0.225 e. The zero-order valence-electron chi connectivity index (χ0n) is 10.3. The van der Waals surface area contributed by atoms with Crippen molar-refractivity contribution in [1.29, 1.82) is 0 Å². The van der Waals surface area contributed by atoms with Gasteiger partial charge in [-0.25, -0.2) is 9.97 Å². The topological polar surface area (TPSA) is 55.3 Å². The van der Waals surface area contributed by atoms with Crippen LogP contribution in [-0.2, 0) is 4.74 Å². The van der Waals surface area contributed by atoms with Crippen molar-refractivity contribution in [3.63, 3.8) is 0 Å². The molecule has 0 bridgehead atoms. The predicted octanol–water partition coefficient (Wildman–Crippen LogP) is 1.44. The Labute approximate surface area is 106 Å². The van der Waals surface area contributed by atoms with Crippen molar-refractivity contribution in [2.45, 2.75) is 37.8 Å². The van der Waals surface area contributed by atoms with Crippen molar-refractivity contribution in [2.24, 2.45) is 0 Å². The van der Waals surface area contributed by atoms with Crippen molar-refractivity contribution < 1.29 is 9.53 Å². The van der Waals surface area contributed by atoms with Crippen molar-refractivity contribution in [1.82, 2.24) is 9.97 Å². The molecule has 0 amide bonds. The van der Waals surface area contributed by atoms with E-state index < -0.39 is 0 Å². The van der Waals surface area contributed by atoms with Gasteiger partial charge in [0.1, 0.15) is 0 Å². The SMILES string of the molecule is O=Cc1cnc(N2CCOC3CCCCC32)nc1. The maximum absolute atomic E-state index is 10.6. The van der Waals surface area contributed by atoms with Crippen LogP contribution in [0.25, 0.3) is 0 Å². The highest BCUT2D eigenvalue weighted by atomic mass is 16.5. The zero-order chi connectivity index (χ0) is 12.4. The van der Waals surface area contributed by atoms with E-state index in [1.54, 1.807) is 12.4 Å². The highest BCUT2D eigenvalue weighted by Gasteiger charge is 2.35. The predicted molar refractivity (Wildman–Crippen MR) is 66.8 cm³/mol. The first-order valence-electron chi connectivity index (χ1n) is 6.54. The summed E-state index contributed by atoms with van der Waals surface area (Å²) in [4.78, 5) is 21.4. The van der Waals surface area contributed by atoms with E-state index in [9.17, 15) is 4.79 Å². The fraction of sp³-hybridized carbons (Fsp3) is 0.615. The van der Waals surface area contributed by atoms with Gasteiger partial charge in [0.05, 0.1) is 24.3 Å². The third-order valence-corrected chi connectivity index (χ3v) is 3.78. The molecule has 18 heavy (non-hydrogen) atoms. The summed E-state index contributed by atoms with van der Waals surface area (Å²) in [5, 5.41) is 0. The fourth-order valence-electron chi connectivity index (χ4n) is 2.89. The van der Waals surface area contributed by atoms with Gasteiger partial charge in [0.2, 0.25) is 5.95 Å². The van der Waals surface area contributed by atoms with Crippen LogP contribution in [0.3, 0.4) is 0 Å². The molecule has 1 saturated heterocycles. The molecule has 0 aromatic carbocycles. The average Bonchev–Trinajstić information content (AvgIpc) is 2.47. The molecule has 1 aliphatic carbocycles. The average molecular weight is 247 g/mol. The molecule has 96 valence electrons. The molecule has 1 aromatic rings. The van der Waals surface area contributed by atoms with Gasteiger partial charge < -0.3 is 9.64 Å². The summed E-state index contributed by atoms with van der Waals surface area (Å²) in [6.07, 6.45) is 9.03. The standard InChI is InChI=1S/C13H17N3O2/c17-9-10-7-14-13(15-8-10)16-5-6-18-12-4-2-1-3-11(12)16/h7-9,11-12H,1-6H2. The van der Waals surface area contributed by atoms with Gasteiger partial charge >= 0.3 is 0 Å². The number of carbonyl (C=O) groups excluding carboxylic acids is 1. The third kappa shape index (κ3) is 2.10. The van der Waals surface area contributed by atoms with E-state index in [2.05, 4.69) is 14.9 Å². The highest BCUT2D eigenvalue weighted by Crippen LogP contribution is 2.30. The van der Waals surface area contributed by atoms with Crippen molar-refractivity contribution in [3.8, 4) is 0 Å². The largest absolute Gasteiger partial charge is 0.374 e. The number of rotatable bonds is 2. The van der Waals surface area contributed by atoms with Gasteiger partial charge in [-0.15, -0.1) is 0 Å². The Kier molecular flexibility index (Phi) is 3.23. The van der Waals surface area contributed by atoms with E-state index in [4.69, 9.17) is 4.74 Å². The summed E-state index contributed by atoms with van der Waals surface area (Å²) >= 11 is 0. The first-order valence-corrected chi connectivity index (χ1v) is 6.54. The van der Waals surface area contributed by atoms with Crippen LogP contribution in [0.4, 0.5) is 5.95 Å². The lowest BCUT2D eigenvalue weighted by atomic mass is 9.90. The minimum atomic E-state index is 0.321. The van der Waals surface area contributed by atoms with E-state index in [1.165, 1.54) is 12.8 Å². The zero-order valence-corrected chi connectivity index (χ0v) is 10.3. The van der Waals surface area contributed by atoms with Crippen LogP contribution in [0.2, 0.25) is 0 Å². The lowest BCUT2D eigenvalue weighted by Crippen LogP contribution is -2.53. The van der Waals surface area contributed by atoms with Gasteiger partial charge in [0.25, 0.3) is 0 Å². The van der Waals surface area contributed by atoms with Crippen molar-refractivity contribution in [3.05, 3.63) is 18.0 Å². The number of fused-ring (bicyclic) bond motifs is 1. The maximum Gasteiger partial charge on any atom is 0.225 e. The Bertz CT molecular complexity index is 419. The Balaban J connectivity index is 1.82. The molecule has 2 aliphatic rings. The molecule has 1 saturated carbocycles. The number of nitrogens with zero attached hydrogens (tertiary/aromatic N) is 3. The molecular weight excluding hydrogens is 230 g/mol. The normalized spacial score (nSPS) is 27.7. The second-order valence-corrected chi connectivity index (χ2v) is 4.89. The van der Waals surface area contributed by atoms with E-state index in [0.29, 0.717) is 17.7 Å². The Morgan fingerprint density at radius 1 is 1.28 bits per heavy atom. The molecule has 2 unspecified atom stereocenters. The lowest BCUT2D eigenvalue weighted by molar-refractivity contribution is -0.00932. The van der Waals surface area contributed by atoms with Crippen molar-refractivity contribution >= 4 is 12.2 Å². The first kappa shape index (κ1) is 11.6. The Morgan fingerprint density at radius 2 is 2.06 bits per heavy atom. The van der Waals surface area contributed by atoms with Gasteiger partial charge in [0, 0.05) is 18.9 Å². The van der Waals surface area contributed by atoms with E-state index in [-0.39, 0.29) is 0 Å². The molecule has 5 heteroatoms. The molecule has 2 heterocycles. The minimum Gasteiger partial charge on any atom is -0.374 e. The quantitative estimate of drug-likeness (QED) is 0.740. The van der Waals surface area contributed by atoms with Crippen LogP contribution >= 0.6 is 0 Å². The lowest BCUT2D eigenvalue weighted by Gasteiger charge is -2.43. The molecule has 5 nitrogen and oxygen atoms in total. The summed E-state index contributed by atoms with van der Waals surface area (Å²) in [6.45, 7) is 1.57. The molecule has 2 atom stereocenters. The summed E-state index contributed by atoms with van der Waals surface area (Å²) in [5.74, 6) is 0.723. The maximum atomic E-state index is 10.6. The van der Waals surface area contributed by atoms with Gasteiger partial charge in [-0.3, -0.25) is 4.79 Å². The molecule has 1 aliphatic heterocycles.